The van der Waals surface area contributed by atoms with E-state index in [9.17, 15) is 0 Å². The summed E-state index contributed by atoms with van der Waals surface area (Å²) < 4.78 is 0. The van der Waals surface area contributed by atoms with Gasteiger partial charge < -0.3 is 5.32 Å². The van der Waals surface area contributed by atoms with Gasteiger partial charge in [-0.05, 0) is 49.4 Å². The van der Waals surface area contributed by atoms with Crippen molar-refractivity contribution in [2.75, 3.05) is 6.54 Å². The summed E-state index contributed by atoms with van der Waals surface area (Å²) in [6, 6.07) is 6.94. The number of rotatable bonds is 2. The van der Waals surface area contributed by atoms with Crippen LogP contribution in [0.5, 0.6) is 0 Å². The fraction of sp³-hybridized carbons (Fsp3) is 0.571. The van der Waals surface area contributed by atoms with Gasteiger partial charge in [-0.2, -0.15) is 0 Å². The maximum Gasteiger partial charge on any atom is 0.0438 e. The van der Waals surface area contributed by atoms with Crippen LogP contribution in [-0.2, 0) is 0 Å². The van der Waals surface area contributed by atoms with Crippen molar-refractivity contribution in [2.24, 2.45) is 5.92 Å². The van der Waals surface area contributed by atoms with Gasteiger partial charge in [-0.1, -0.05) is 37.1 Å². The second-order valence-electron chi connectivity index (χ2n) is 4.81. The lowest BCUT2D eigenvalue weighted by molar-refractivity contribution is 0.299. The smallest absolute Gasteiger partial charge is 0.0438 e. The van der Waals surface area contributed by atoms with E-state index in [1.54, 1.807) is 0 Å². The molecule has 1 aromatic carbocycles. The van der Waals surface area contributed by atoms with Crippen LogP contribution in [0.4, 0.5) is 0 Å². The van der Waals surface area contributed by atoms with Gasteiger partial charge in [0.25, 0.3) is 0 Å². The molecule has 2 rings (SSSR count). The lowest BCUT2D eigenvalue weighted by Gasteiger charge is -2.30. The first-order valence-electron chi connectivity index (χ1n) is 6.20. The van der Waals surface area contributed by atoms with Crippen LogP contribution in [0, 0.1) is 12.8 Å². The lowest BCUT2D eigenvalue weighted by Crippen LogP contribution is -2.31. The number of nitrogens with one attached hydrogen (secondary N) is 1. The third kappa shape index (κ3) is 2.58. The molecule has 0 amide bonds. The van der Waals surface area contributed by atoms with Crippen LogP contribution in [-0.4, -0.2) is 6.54 Å². The number of aryl methyl sites for hydroxylation is 1. The van der Waals surface area contributed by atoms with Crippen molar-refractivity contribution in [2.45, 2.75) is 39.2 Å². The Morgan fingerprint density at radius 1 is 1.44 bits per heavy atom. The normalized spacial score (nSPS) is 25.7. The zero-order chi connectivity index (χ0) is 11.5. The van der Waals surface area contributed by atoms with E-state index in [2.05, 4.69) is 37.4 Å². The zero-order valence-corrected chi connectivity index (χ0v) is 10.8. The number of hydrogen-bond donors (Lipinski definition) is 1. The largest absolute Gasteiger partial charge is 0.310 e. The first-order chi connectivity index (χ1) is 7.70. The summed E-state index contributed by atoms with van der Waals surface area (Å²) in [5.74, 6) is 0.867. The first kappa shape index (κ1) is 11.9. The summed E-state index contributed by atoms with van der Waals surface area (Å²) in [6.45, 7) is 5.47. The average Bonchev–Trinajstić information content (AvgIpc) is 2.33. The van der Waals surface area contributed by atoms with E-state index in [0.29, 0.717) is 6.04 Å². The van der Waals surface area contributed by atoms with Crippen LogP contribution < -0.4 is 5.32 Å². The molecular weight excluding hydrogens is 218 g/mol. The predicted octanol–water partition coefficient (Wildman–Crippen LogP) is 4.10. The monoisotopic (exact) mass is 237 g/mol. The van der Waals surface area contributed by atoms with Gasteiger partial charge in [0.1, 0.15) is 0 Å². The molecule has 2 heteroatoms. The van der Waals surface area contributed by atoms with Gasteiger partial charge in [-0.3, -0.25) is 0 Å². The van der Waals surface area contributed by atoms with Gasteiger partial charge in [0.2, 0.25) is 0 Å². The summed E-state index contributed by atoms with van der Waals surface area (Å²) in [7, 11) is 0. The van der Waals surface area contributed by atoms with Crippen LogP contribution in [0.15, 0.2) is 18.2 Å². The van der Waals surface area contributed by atoms with Crippen molar-refractivity contribution >= 4 is 11.6 Å². The molecule has 0 saturated carbocycles. The Kier molecular flexibility index (Phi) is 3.88. The van der Waals surface area contributed by atoms with Crippen molar-refractivity contribution in [1.29, 1.82) is 0 Å². The van der Waals surface area contributed by atoms with Crippen LogP contribution in [0.1, 0.15) is 43.4 Å². The molecule has 1 heterocycles. The highest BCUT2D eigenvalue weighted by Gasteiger charge is 2.21. The molecule has 2 atom stereocenters. The molecule has 0 bridgehead atoms. The molecule has 1 fully saturated rings. The molecule has 16 heavy (non-hydrogen) atoms. The van der Waals surface area contributed by atoms with Crippen molar-refractivity contribution in [3.05, 3.63) is 34.3 Å². The molecule has 1 aliphatic rings. The Morgan fingerprint density at radius 2 is 2.25 bits per heavy atom. The Morgan fingerprint density at radius 3 is 2.94 bits per heavy atom. The van der Waals surface area contributed by atoms with Gasteiger partial charge >= 0.3 is 0 Å². The van der Waals surface area contributed by atoms with Crippen molar-refractivity contribution in [1.82, 2.24) is 5.32 Å². The minimum atomic E-state index is 0.497. The second kappa shape index (κ2) is 5.20. The number of halogens is 1. The zero-order valence-electron chi connectivity index (χ0n) is 10.1. The molecule has 2 unspecified atom stereocenters. The van der Waals surface area contributed by atoms with E-state index in [1.807, 2.05) is 0 Å². The average molecular weight is 238 g/mol. The summed E-state index contributed by atoms with van der Waals surface area (Å²) in [5.41, 5.74) is 2.50. The topological polar surface area (TPSA) is 12.0 Å². The van der Waals surface area contributed by atoms with Crippen LogP contribution in [0.2, 0.25) is 5.02 Å². The number of hydrogen-bond acceptors (Lipinski definition) is 1. The molecule has 1 N–H and O–H groups in total. The molecular formula is C14H20ClN. The quantitative estimate of drug-likeness (QED) is 0.817. The van der Waals surface area contributed by atoms with E-state index in [4.69, 9.17) is 11.6 Å². The highest BCUT2D eigenvalue weighted by Crippen LogP contribution is 2.30. The Bertz CT molecular complexity index is 362. The van der Waals surface area contributed by atoms with Crippen LogP contribution >= 0.6 is 11.6 Å². The molecule has 1 saturated heterocycles. The van der Waals surface area contributed by atoms with Crippen molar-refractivity contribution in [3.8, 4) is 0 Å². The van der Waals surface area contributed by atoms with Crippen molar-refractivity contribution in [3.63, 3.8) is 0 Å². The minimum absolute atomic E-state index is 0.497. The van der Waals surface area contributed by atoms with E-state index in [1.165, 1.54) is 24.8 Å². The van der Waals surface area contributed by atoms with E-state index in [0.717, 1.165) is 23.0 Å². The van der Waals surface area contributed by atoms with Crippen molar-refractivity contribution < 1.29 is 0 Å². The SMILES string of the molecule is CCC1CCNC(c2ccc(C)c(Cl)c2)C1. The van der Waals surface area contributed by atoms with E-state index >= 15 is 0 Å². The lowest BCUT2D eigenvalue weighted by atomic mass is 9.87. The fourth-order valence-electron chi connectivity index (χ4n) is 2.45. The van der Waals surface area contributed by atoms with Gasteiger partial charge in [-0.25, -0.2) is 0 Å². The van der Waals surface area contributed by atoms with E-state index < -0.39 is 0 Å². The van der Waals surface area contributed by atoms with Crippen LogP contribution in [0.25, 0.3) is 0 Å². The fourth-order valence-corrected chi connectivity index (χ4v) is 2.64. The third-order valence-corrected chi connectivity index (χ3v) is 4.10. The van der Waals surface area contributed by atoms with Crippen LogP contribution in [0.3, 0.4) is 0 Å². The highest BCUT2D eigenvalue weighted by molar-refractivity contribution is 6.31. The minimum Gasteiger partial charge on any atom is -0.310 e. The molecule has 0 radical (unpaired) electrons. The molecule has 1 aromatic rings. The molecule has 1 nitrogen and oxygen atoms in total. The molecule has 88 valence electrons. The molecule has 0 spiro atoms. The number of piperidine rings is 1. The number of benzene rings is 1. The van der Waals surface area contributed by atoms with Gasteiger partial charge in [0, 0.05) is 11.1 Å². The molecule has 1 aliphatic heterocycles. The molecule has 0 aliphatic carbocycles. The van der Waals surface area contributed by atoms with E-state index in [-0.39, 0.29) is 0 Å². The Balaban J connectivity index is 2.13. The maximum absolute atomic E-state index is 6.18. The van der Waals surface area contributed by atoms with Gasteiger partial charge in [0.05, 0.1) is 0 Å². The molecule has 0 aromatic heterocycles. The maximum atomic E-state index is 6.18. The first-order valence-corrected chi connectivity index (χ1v) is 6.58. The summed E-state index contributed by atoms with van der Waals surface area (Å²) >= 11 is 6.18. The highest BCUT2D eigenvalue weighted by atomic mass is 35.5. The summed E-state index contributed by atoms with van der Waals surface area (Å²) in [6.07, 6.45) is 3.85. The van der Waals surface area contributed by atoms with Gasteiger partial charge in [0.15, 0.2) is 0 Å². The Hall–Kier alpha value is -0.530. The standard InChI is InChI=1S/C14H20ClN/c1-3-11-6-7-16-14(8-11)12-5-4-10(2)13(15)9-12/h4-5,9,11,14,16H,3,6-8H2,1-2H3. The third-order valence-electron chi connectivity index (χ3n) is 3.69. The second-order valence-corrected chi connectivity index (χ2v) is 5.22. The Labute approximate surface area is 103 Å². The van der Waals surface area contributed by atoms with Gasteiger partial charge in [-0.15, -0.1) is 0 Å². The predicted molar refractivity (Wildman–Crippen MR) is 69.9 cm³/mol. The summed E-state index contributed by atoms with van der Waals surface area (Å²) in [5, 5.41) is 4.47. The summed E-state index contributed by atoms with van der Waals surface area (Å²) in [4.78, 5) is 0.